The van der Waals surface area contributed by atoms with Gasteiger partial charge in [-0.1, -0.05) is 30.3 Å². The van der Waals surface area contributed by atoms with Crippen molar-refractivity contribution in [1.82, 2.24) is 9.55 Å². The Kier molecular flexibility index (Phi) is 4.90. The van der Waals surface area contributed by atoms with Crippen LogP contribution in [0.4, 0.5) is 0 Å². The van der Waals surface area contributed by atoms with Gasteiger partial charge in [0.15, 0.2) is 6.04 Å². The SMILES string of the molecule is COc1ccc(O)cc1-c1c(-c2ccccc2)ncn1[C@@H](CO)C(=O)O. The summed E-state index contributed by atoms with van der Waals surface area (Å²) >= 11 is 0. The summed E-state index contributed by atoms with van der Waals surface area (Å²) in [7, 11) is 1.49. The molecule has 3 aromatic rings. The summed E-state index contributed by atoms with van der Waals surface area (Å²) < 4.78 is 6.76. The lowest BCUT2D eigenvalue weighted by Gasteiger charge is -2.18. The number of aromatic hydroxyl groups is 1. The van der Waals surface area contributed by atoms with E-state index in [-0.39, 0.29) is 5.75 Å². The van der Waals surface area contributed by atoms with E-state index in [9.17, 15) is 20.1 Å². The van der Waals surface area contributed by atoms with Crippen molar-refractivity contribution in [2.75, 3.05) is 13.7 Å². The van der Waals surface area contributed by atoms with Gasteiger partial charge in [-0.3, -0.25) is 0 Å². The van der Waals surface area contributed by atoms with Crippen LogP contribution in [0, 0.1) is 0 Å². The third-order valence-corrected chi connectivity index (χ3v) is 4.07. The molecule has 3 rings (SSSR count). The van der Waals surface area contributed by atoms with E-state index in [1.165, 1.54) is 30.1 Å². The van der Waals surface area contributed by atoms with Gasteiger partial charge in [-0.05, 0) is 18.2 Å². The van der Waals surface area contributed by atoms with Crippen LogP contribution in [0.3, 0.4) is 0 Å². The Morgan fingerprint density at radius 1 is 1.23 bits per heavy atom. The molecular weight excluding hydrogens is 336 g/mol. The minimum Gasteiger partial charge on any atom is -0.508 e. The first-order chi connectivity index (χ1) is 12.6. The van der Waals surface area contributed by atoms with E-state index >= 15 is 0 Å². The number of aromatic nitrogens is 2. The van der Waals surface area contributed by atoms with E-state index in [0.717, 1.165) is 5.56 Å². The van der Waals surface area contributed by atoms with Gasteiger partial charge in [-0.25, -0.2) is 9.78 Å². The lowest BCUT2D eigenvalue weighted by atomic mass is 10.0. The molecule has 134 valence electrons. The van der Waals surface area contributed by atoms with E-state index < -0.39 is 18.6 Å². The highest BCUT2D eigenvalue weighted by molar-refractivity contribution is 5.84. The van der Waals surface area contributed by atoms with Gasteiger partial charge in [0.25, 0.3) is 0 Å². The Balaban J connectivity index is 2.32. The van der Waals surface area contributed by atoms with Crippen molar-refractivity contribution >= 4 is 5.97 Å². The van der Waals surface area contributed by atoms with Crippen LogP contribution >= 0.6 is 0 Å². The second-order valence-electron chi connectivity index (χ2n) is 5.64. The number of carbonyl (C=O) groups is 1. The molecule has 0 aliphatic carbocycles. The maximum absolute atomic E-state index is 11.6. The van der Waals surface area contributed by atoms with Gasteiger partial charge in [-0.15, -0.1) is 0 Å². The van der Waals surface area contributed by atoms with Crippen LogP contribution in [-0.2, 0) is 4.79 Å². The summed E-state index contributed by atoms with van der Waals surface area (Å²) in [6.07, 6.45) is 1.37. The zero-order chi connectivity index (χ0) is 18.7. The molecule has 0 spiro atoms. The van der Waals surface area contributed by atoms with Crippen molar-refractivity contribution in [3.63, 3.8) is 0 Å². The lowest BCUT2D eigenvalue weighted by molar-refractivity contribution is -0.142. The number of aliphatic hydroxyl groups is 1. The number of phenolic OH excluding ortho intramolecular Hbond substituents is 1. The molecular formula is C19H18N2O5. The first-order valence-electron chi connectivity index (χ1n) is 7.90. The number of methoxy groups -OCH3 is 1. The van der Waals surface area contributed by atoms with Crippen LogP contribution in [-0.4, -0.2) is 44.6 Å². The lowest BCUT2D eigenvalue weighted by Crippen LogP contribution is -2.22. The predicted octanol–water partition coefficient (Wildman–Crippen LogP) is 2.55. The molecule has 1 atom stereocenters. The minimum atomic E-state index is -1.22. The molecule has 0 amide bonds. The fourth-order valence-corrected chi connectivity index (χ4v) is 2.84. The number of carboxylic acids is 1. The summed E-state index contributed by atoms with van der Waals surface area (Å²) in [5, 5.41) is 29.0. The molecule has 7 heteroatoms. The van der Waals surface area contributed by atoms with Gasteiger partial charge in [-0.2, -0.15) is 0 Å². The topological polar surface area (TPSA) is 105 Å². The Hall–Kier alpha value is -3.32. The van der Waals surface area contributed by atoms with Crippen LogP contribution in [0.1, 0.15) is 6.04 Å². The maximum atomic E-state index is 11.6. The number of benzene rings is 2. The van der Waals surface area contributed by atoms with Gasteiger partial charge in [0.05, 0.1) is 31.4 Å². The van der Waals surface area contributed by atoms with Crippen molar-refractivity contribution in [2.24, 2.45) is 0 Å². The average molecular weight is 354 g/mol. The van der Waals surface area contributed by atoms with Crippen molar-refractivity contribution in [3.05, 3.63) is 54.9 Å². The fraction of sp³-hybridized carbons (Fsp3) is 0.158. The van der Waals surface area contributed by atoms with Crippen LogP contribution in [0.2, 0.25) is 0 Å². The van der Waals surface area contributed by atoms with E-state index in [0.29, 0.717) is 22.7 Å². The molecule has 0 bridgehead atoms. The Bertz CT molecular complexity index is 921. The molecule has 0 unspecified atom stereocenters. The van der Waals surface area contributed by atoms with Gasteiger partial charge in [0, 0.05) is 11.1 Å². The van der Waals surface area contributed by atoms with Gasteiger partial charge in [0.2, 0.25) is 0 Å². The van der Waals surface area contributed by atoms with Crippen LogP contribution < -0.4 is 4.74 Å². The van der Waals surface area contributed by atoms with E-state index in [1.807, 2.05) is 30.3 Å². The molecule has 0 radical (unpaired) electrons. The quantitative estimate of drug-likeness (QED) is 0.628. The fourth-order valence-electron chi connectivity index (χ4n) is 2.84. The molecule has 0 saturated heterocycles. The molecule has 0 aliphatic heterocycles. The Labute approximate surface area is 149 Å². The molecule has 2 aromatic carbocycles. The summed E-state index contributed by atoms with van der Waals surface area (Å²) in [4.78, 5) is 16.0. The van der Waals surface area contributed by atoms with E-state index in [1.54, 1.807) is 6.07 Å². The van der Waals surface area contributed by atoms with Gasteiger partial charge < -0.3 is 24.6 Å². The molecule has 7 nitrogen and oxygen atoms in total. The highest BCUT2D eigenvalue weighted by Crippen LogP contribution is 2.39. The monoisotopic (exact) mass is 354 g/mol. The predicted molar refractivity (Wildman–Crippen MR) is 95.1 cm³/mol. The molecule has 0 saturated carbocycles. The maximum Gasteiger partial charge on any atom is 0.329 e. The zero-order valence-electron chi connectivity index (χ0n) is 14.0. The number of ether oxygens (including phenoxy) is 1. The normalized spacial score (nSPS) is 11.9. The molecule has 26 heavy (non-hydrogen) atoms. The highest BCUT2D eigenvalue weighted by Gasteiger charge is 2.26. The largest absolute Gasteiger partial charge is 0.508 e. The van der Waals surface area contributed by atoms with E-state index in [2.05, 4.69) is 4.98 Å². The van der Waals surface area contributed by atoms with Crippen LogP contribution in [0.15, 0.2) is 54.9 Å². The molecule has 0 aliphatic rings. The first kappa shape index (κ1) is 17.5. The number of nitrogens with zero attached hydrogens (tertiary/aromatic N) is 2. The van der Waals surface area contributed by atoms with Gasteiger partial charge >= 0.3 is 5.97 Å². The molecule has 0 fully saturated rings. The summed E-state index contributed by atoms with van der Waals surface area (Å²) in [6.45, 7) is -0.603. The number of hydrogen-bond acceptors (Lipinski definition) is 5. The smallest absolute Gasteiger partial charge is 0.329 e. The minimum absolute atomic E-state index is 0.00318. The molecule has 1 aromatic heterocycles. The average Bonchev–Trinajstić information content (AvgIpc) is 3.07. The number of hydrogen-bond donors (Lipinski definition) is 3. The zero-order valence-corrected chi connectivity index (χ0v) is 14.0. The van der Waals surface area contributed by atoms with Crippen molar-refractivity contribution < 1.29 is 24.9 Å². The number of aliphatic hydroxyl groups excluding tert-OH is 1. The molecule has 3 N–H and O–H groups in total. The standard InChI is InChI=1S/C19H18N2O5/c1-26-16-8-7-13(23)9-14(16)18-17(12-5-3-2-4-6-12)20-11-21(18)15(10-22)19(24)25/h2-9,11,15,22-23H,10H2,1H3,(H,24,25)/t15-/m0/s1. The number of rotatable bonds is 6. The second-order valence-corrected chi connectivity index (χ2v) is 5.64. The third kappa shape index (κ3) is 3.12. The van der Waals surface area contributed by atoms with Crippen molar-refractivity contribution in [2.45, 2.75) is 6.04 Å². The first-order valence-corrected chi connectivity index (χ1v) is 7.90. The number of aliphatic carboxylic acids is 1. The number of carboxylic acid groups (broad SMARTS) is 1. The van der Waals surface area contributed by atoms with E-state index in [4.69, 9.17) is 4.74 Å². The van der Waals surface area contributed by atoms with Crippen LogP contribution in [0.5, 0.6) is 11.5 Å². The third-order valence-electron chi connectivity index (χ3n) is 4.07. The molecule has 1 heterocycles. The Morgan fingerprint density at radius 2 is 1.96 bits per heavy atom. The summed E-state index contributed by atoms with van der Waals surface area (Å²) in [6, 6.07) is 12.6. The summed E-state index contributed by atoms with van der Waals surface area (Å²) in [5.74, 6) is -0.739. The van der Waals surface area contributed by atoms with Crippen molar-refractivity contribution in [1.29, 1.82) is 0 Å². The van der Waals surface area contributed by atoms with Crippen molar-refractivity contribution in [3.8, 4) is 34.0 Å². The number of phenols is 1. The van der Waals surface area contributed by atoms with Crippen LogP contribution in [0.25, 0.3) is 22.5 Å². The number of imidazole rings is 1. The Morgan fingerprint density at radius 3 is 2.58 bits per heavy atom. The second kappa shape index (κ2) is 7.28. The van der Waals surface area contributed by atoms with Gasteiger partial charge in [0.1, 0.15) is 11.5 Å². The highest BCUT2D eigenvalue weighted by atomic mass is 16.5. The summed E-state index contributed by atoms with van der Waals surface area (Å²) in [5.41, 5.74) is 2.21.